The Morgan fingerprint density at radius 3 is 2.06 bits per heavy atom. The number of unbranched alkanes of at least 4 members (excludes halogenated alkanes) is 2. The molecule has 98 valence electrons. The van der Waals surface area contributed by atoms with E-state index in [4.69, 9.17) is 4.74 Å². The molecule has 4 saturated carbocycles. The second-order valence-corrected chi connectivity index (χ2v) is 7.18. The van der Waals surface area contributed by atoms with Crippen LogP contribution in [0.2, 0.25) is 0 Å². The quantitative estimate of drug-likeness (QED) is 0.621. The summed E-state index contributed by atoms with van der Waals surface area (Å²) in [7, 11) is 0. The third-order valence-corrected chi connectivity index (χ3v) is 5.47. The lowest BCUT2D eigenvalue weighted by atomic mass is 9.50. The van der Waals surface area contributed by atoms with Crippen molar-refractivity contribution in [3.8, 4) is 0 Å². The summed E-state index contributed by atoms with van der Waals surface area (Å²) in [5.74, 6) is 3.21. The van der Waals surface area contributed by atoms with Crippen LogP contribution in [0, 0.1) is 23.2 Å². The molecule has 4 aliphatic carbocycles. The van der Waals surface area contributed by atoms with Crippen LogP contribution in [0.3, 0.4) is 0 Å². The summed E-state index contributed by atoms with van der Waals surface area (Å²) in [4.78, 5) is 0. The van der Waals surface area contributed by atoms with Crippen LogP contribution in [0.25, 0.3) is 0 Å². The SMILES string of the molecule is CCCCCOCC12CC3CC(CC(C3)C1)C2. The van der Waals surface area contributed by atoms with Gasteiger partial charge in [-0.15, -0.1) is 0 Å². The minimum Gasteiger partial charge on any atom is -0.381 e. The maximum Gasteiger partial charge on any atom is 0.0522 e. The van der Waals surface area contributed by atoms with Gasteiger partial charge in [0, 0.05) is 6.61 Å². The van der Waals surface area contributed by atoms with E-state index in [1.165, 1.54) is 38.5 Å². The number of hydrogen-bond donors (Lipinski definition) is 0. The Bertz CT molecular complexity index is 223. The molecule has 4 fully saturated rings. The number of ether oxygens (including phenoxy) is 1. The molecular weight excluding hydrogens is 208 g/mol. The first-order chi connectivity index (χ1) is 8.30. The number of hydrogen-bond acceptors (Lipinski definition) is 1. The Kier molecular flexibility index (Phi) is 3.47. The first-order valence-corrected chi connectivity index (χ1v) is 7.87. The zero-order valence-corrected chi connectivity index (χ0v) is 11.4. The second kappa shape index (κ2) is 4.91. The second-order valence-electron chi connectivity index (χ2n) is 7.18. The zero-order valence-electron chi connectivity index (χ0n) is 11.4. The molecule has 0 N–H and O–H groups in total. The maximum absolute atomic E-state index is 6.02. The summed E-state index contributed by atoms with van der Waals surface area (Å²) < 4.78 is 6.02. The van der Waals surface area contributed by atoms with Crippen LogP contribution < -0.4 is 0 Å². The number of rotatable bonds is 6. The Balaban J connectivity index is 1.49. The highest BCUT2D eigenvalue weighted by atomic mass is 16.5. The Labute approximate surface area is 106 Å². The van der Waals surface area contributed by atoms with Gasteiger partial charge in [-0.3, -0.25) is 0 Å². The van der Waals surface area contributed by atoms with Crippen molar-refractivity contribution in [3.05, 3.63) is 0 Å². The van der Waals surface area contributed by atoms with E-state index in [1.54, 1.807) is 19.3 Å². The van der Waals surface area contributed by atoms with Crippen LogP contribution in [-0.4, -0.2) is 13.2 Å². The van der Waals surface area contributed by atoms with Crippen molar-refractivity contribution < 1.29 is 4.74 Å². The van der Waals surface area contributed by atoms with Gasteiger partial charge in [0.05, 0.1) is 6.61 Å². The molecule has 1 nitrogen and oxygen atoms in total. The van der Waals surface area contributed by atoms with E-state index in [9.17, 15) is 0 Å². The molecule has 0 aromatic heterocycles. The predicted molar refractivity (Wildman–Crippen MR) is 70.9 cm³/mol. The van der Waals surface area contributed by atoms with Crippen LogP contribution in [0.5, 0.6) is 0 Å². The summed E-state index contributed by atoms with van der Waals surface area (Å²) in [5.41, 5.74) is 0.626. The van der Waals surface area contributed by atoms with E-state index < -0.39 is 0 Å². The van der Waals surface area contributed by atoms with Crippen molar-refractivity contribution in [3.63, 3.8) is 0 Å². The minimum absolute atomic E-state index is 0.626. The van der Waals surface area contributed by atoms with Crippen molar-refractivity contribution in [1.82, 2.24) is 0 Å². The molecule has 1 heteroatoms. The van der Waals surface area contributed by atoms with Gasteiger partial charge in [-0.2, -0.15) is 0 Å². The molecule has 4 aliphatic rings. The van der Waals surface area contributed by atoms with E-state index in [-0.39, 0.29) is 0 Å². The van der Waals surface area contributed by atoms with Crippen molar-refractivity contribution in [2.45, 2.75) is 64.7 Å². The van der Waals surface area contributed by atoms with E-state index in [0.29, 0.717) is 5.41 Å². The Morgan fingerprint density at radius 2 is 1.53 bits per heavy atom. The van der Waals surface area contributed by atoms with Crippen LogP contribution in [0.4, 0.5) is 0 Å². The standard InChI is InChI=1S/C16H28O/c1-2-3-4-5-17-12-16-9-13-6-14(10-16)8-15(7-13)11-16/h13-15H,2-12H2,1H3. The predicted octanol–water partition coefficient (Wildman–Crippen LogP) is 4.41. The molecule has 0 saturated heterocycles. The molecule has 0 heterocycles. The van der Waals surface area contributed by atoms with Gasteiger partial charge in [-0.05, 0) is 68.1 Å². The smallest absolute Gasteiger partial charge is 0.0522 e. The van der Waals surface area contributed by atoms with Gasteiger partial charge in [0.15, 0.2) is 0 Å². The highest BCUT2D eigenvalue weighted by Gasteiger charge is 2.50. The zero-order chi connectivity index (χ0) is 11.7. The first kappa shape index (κ1) is 12.0. The summed E-state index contributed by atoms with van der Waals surface area (Å²) in [6, 6.07) is 0. The van der Waals surface area contributed by atoms with Crippen LogP contribution >= 0.6 is 0 Å². The van der Waals surface area contributed by atoms with E-state index >= 15 is 0 Å². The fraction of sp³-hybridized carbons (Fsp3) is 1.00. The fourth-order valence-electron chi connectivity index (χ4n) is 5.21. The minimum atomic E-state index is 0.626. The Morgan fingerprint density at radius 1 is 0.941 bits per heavy atom. The van der Waals surface area contributed by atoms with Gasteiger partial charge >= 0.3 is 0 Å². The van der Waals surface area contributed by atoms with Gasteiger partial charge in [0.25, 0.3) is 0 Å². The van der Waals surface area contributed by atoms with Crippen LogP contribution in [0.15, 0.2) is 0 Å². The molecule has 0 aromatic rings. The summed E-state index contributed by atoms with van der Waals surface area (Å²) in [6.07, 6.45) is 13.0. The van der Waals surface area contributed by atoms with Gasteiger partial charge in [-0.1, -0.05) is 19.8 Å². The van der Waals surface area contributed by atoms with E-state index in [1.807, 2.05) is 0 Å². The van der Waals surface area contributed by atoms with Crippen LogP contribution in [-0.2, 0) is 4.74 Å². The average molecular weight is 236 g/mol. The lowest BCUT2D eigenvalue weighted by molar-refractivity contribution is -0.0965. The molecule has 4 rings (SSSR count). The molecule has 0 atom stereocenters. The molecule has 4 bridgehead atoms. The summed E-state index contributed by atoms with van der Waals surface area (Å²) in [6.45, 7) is 4.36. The van der Waals surface area contributed by atoms with Crippen molar-refractivity contribution in [2.75, 3.05) is 13.2 Å². The highest BCUT2D eigenvalue weighted by molar-refractivity contribution is 5.01. The van der Waals surface area contributed by atoms with Gasteiger partial charge in [0.1, 0.15) is 0 Å². The highest BCUT2D eigenvalue weighted by Crippen LogP contribution is 2.59. The first-order valence-electron chi connectivity index (χ1n) is 7.87. The van der Waals surface area contributed by atoms with Crippen molar-refractivity contribution >= 4 is 0 Å². The fourth-order valence-corrected chi connectivity index (χ4v) is 5.21. The summed E-state index contributed by atoms with van der Waals surface area (Å²) >= 11 is 0. The molecule has 17 heavy (non-hydrogen) atoms. The Hall–Kier alpha value is -0.0400. The maximum atomic E-state index is 6.02. The lowest BCUT2D eigenvalue weighted by Crippen LogP contribution is -2.48. The van der Waals surface area contributed by atoms with Gasteiger partial charge in [0.2, 0.25) is 0 Å². The normalized spacial score (nSPS) is 43.2. The van der Waals surface area contributed by atoms with Gasteiger partial charge < -0.3 is 4.74 Å². The summed E-state index contributed by atoms with van der Waals surface area (Å²) in [5, 5.41) is 0. The topological polar surface area (TPSA) is 9.23 Å². The largest absolute Gasteiger partial charge is 0.381 e. The average Bonchev–Trinajstić information content (AvgIpc) is 2.26. The molecule has 0 aliphatic heterocycles. The molecular formula is C16H28O. The lowest BCUT2D eigenvalue weighted by Gasteiger charge is -2.56. The molecule has 0 radical (unpaired) electrons. The molecule has 0 amide bonds. The third kappa shape index (κ3) is 2.54. The third-order valence-electron chi connectivity index (χ3n) is 5.47. The molecule has 0 unspecified atom stereocenters. The monoisotopic (exact) mass is 236 g/mol. The van der Waals surface area contributed by atoms with Gasteiger partial charge in [-0.25, -0.2) is 0 Å². The molecule has 0 spiro atoms. The van der Waals surface area contributed by atoms with E-state index in [2.05, 4.69) is 6.92 Å². The van der Waals surface area contributed by atoms with E-state index in [0.717, 1.165) is 31.0 Å². The molecule has 0 aromatic carbocycles. The van der Waals surface area contributed by atoms with Crippen LogP contribution in [0.1, 0.15) is 64.7 Å². The van der Waals surface area contributed by atoms with Crippen molar-refractivity contribution in [1.29, 1.82) is 0 Å². The van der Waals surface area contributed by atoms with Crippen molar-refractivity contribution in [2.24, 2.45) is 23.2 Å².